The quantitative estimate of drug-likeness (QED) is 0.399. The fraction of sp³-hybridized carbons (Fsp3) is 0.682. The molecule has 6 nitrogen and oxygen atoms in total. The first kappa shape index (κ1) is 22.2. The van der Waals surface area contributed by atoms with Gasteiger partial charge in [0.15, 0.2) is 0 Å². The van der Waals surface area contributed by atoms with E-state index in [1.165, 1.54) is 13.0 Å². The summed E-state index contributed by atoms with van der Waals surface area (Å²) in [4.78, 5) is 34.8. The van der Waals surface area contributed by atoms with E-state index in [1.54, 1.807) is 13.8 Å². The van der Waals surface area contributed by atoms with E-state index < -0.39 is 29.4 Å². The van der Waals surface area contributed by atoms with Crippen LogP contribution in [-0.2, 0) is 19.1 Å². The highest BCUT2D eigenvalue weighted by atomic mass is 16.5. The van der Waals surface area contributed by atoms with E-state index in [4.69, 9.17) is 9.84 Å². The summed E-state index contributed by atoms with van der Waals surface area (Å²) in [5, 5.41) is 19.1. The Kier molecular flexibility index (Phi) is 6.41. The Hall–Kier alpha value is -2.11. The van der Waals surface area contributed by atoms with Gasteiger partial charge in [-0.1, -0.05) is 24.6 Å². The SMILES string of the molecule is C=C1CC[C@@H]2[C@](C)(CC[C@H](OC(C)=O)[C@]2(C)C(=O)O)[C@H]1CC/C(C)=C/C(=O)O. The first-order valence-electron chi connectivity index (χ1n) is 9.91. The maximum Gasteiger partial charge on any atom is 0.328 e. The summed E-state index contributed by atoms with van der Waals surface area (Å²) < 4.78 is 5.45. The Morgan fingerprint density at radius 3 is 2.39 bits per heavy atom. The highest BCUT2D eigenvalue weighted by Crippen LogP contribution is 2.62. The normalized spacial score (nSPS) is 35.8. The zero-order valence-corrected chi connectivity index (χ0v) is 17.3. The van der Waals surface area contributed by atoms with Crippen LogP contribution in [0.15, 0.2) is 23.8 Å². The molecule has 2 aliphatic rings. The maximum atomic E-state index is 12.4. The molecule has 0 aromatic rings. The highest BCUT2D eigenvalue weighted by molar-refractivity contribution is 5.80. The molecule has 0 aliphatic heterocycles. The van der Waals surface area contributed by atoms with E-state index in [0.29, 0.717) is 19.3 Å². The summed E-state index contributed by atoms with van der Waals surface area (Å²) in [5.41, 5.74) is 0.479. The Morgan fingerprint density at radius 1 is 1.21 bits per heavy atom. The van der Waals surface area contributed by atoms with Crippen LogP contribution >= 0.6 is 0 Å². The average molecular weight is 392 g/mol. The van der Waals surface area contributed by atoms with Gasteiger partial charge >= 0.3 is 17.9 Å². The van der Waals surface area contributed by atoms with Gasteiger partial charge in [-0.25, -0.2) is 4.79 Å². The van der Waals surface area contributed by atoms with E-state index in [9.17, 15) is 19.5 Å². The van der Waals surface area contributed by atoms with Gasteiger partial charge in [-0.05, 0) is 69.6 Å². The number of rotatable bonds is 6. The first-order chi connectivity index (χ1) is 12.9. The van der Waals surface area contributed by atoms with E-state index in [0.717, 1.165) is 30.4 Å². The molecule has 0 aromatic heterocycles. The molecule has 28 heavy (non-hydrogen) atoms. The van der Waals surface area contributed by atoms with Crippen molar-refractivity contribution in [1.82, 2.24) is 0 Å². The van der Waals surface area contributed by atoms with Gasteiger partial charge < -0.3 is 14.9 Å². The van der Waals surface area contributed by atoms with Crippen molar-refractivity contribution in [1.29, 1.82) is 0 Å². The van der Waals surface area contributed by atoms with Crippen LogP contribution in [0.5, 0.6) is 0 Å². The van der Waals surface area contributed by atoms with Gasteiger partial charge in [0, 0.05) is 13.0 Å². The number of ether oxygens (including phenoxy) is 1. The zero-order chi connectivity index (χ0) is 21.3. The minimum absolute atomic E-state index is 0.111. The van der Waals surface area contributed by atoms with E-state index in [-0.39, 0.29) is 17.3 Å². The molecule has 2 fully saturated rings. The summed E-state index contributed by atoms with van der Waals surface area (Å²) in [5.74, 6) is -2.37. The monoisotopic (exact) mass is 392 g/mol. The second kappa shape index (κ2) is 8.10. The summed E-state index contributed by atoms with van der Waals surface area (Å²) in [7, 11) is 0. The smallest absolute Gasteiger partial charge is 0.328 e. The summed E-state index contributed by atoms with van der Waals surface area (Å²) in [6, 6.07) is 0. The van der Waals surface area contributed by atoms with Gasteiger partial charge in [-0.2, -0.15) is 0 Å². The average Bonchev–Trinajstić information content (AvgIpc) is 2.55. The molecule has 0 bridgehead atoms. The molecule has 0 heterocycles. The number of hydrogen-bond donors (Lipinski definition) is 2. The Bertz CT molecular complexity index is 708. The molecule has 0 radical (unpaired) electrons. The number of carbonyl (C=O) groups excluding carboxylic acids is 1. The lowest BCUT2D eigenvalue weighted by Gasteiger charge is -2.59. The third-order valence-electron chi connectivity index (χ3n) is 7.14. The third kappa shape index (κ3) is 4.01. The van der Waals surface area contributed by atoms with Crippen LogP contribution in [0.1, 0.15) is 66.2 Å². The standard InChI is InChI=1S/C22H32O6/c1-13(12-19(24)25)6-8-16-14(2)7-9-17-21(16,4)11-10-18(28-15(3)23)22(17,5)20(26)27/h12,16-18H,2,6-11H2,1,3-5H3,(H,24,25)(H,26,27)/b13-12+/t16-,17+,18-,21+,22+/m0/s1. The van der Waals surface area contributed by atoms with E-state index in [2.05, 4.69) is 13.5 Å². The van der Waals surface area contributed by atoms with Crippen LogP contribution in [0.2, 0.25) is 0 Å². The Morgan fingerprint density at radius 2 is 1.86 bits per heavy atom. The molecule has 0 amide bonds. The van der Waals surface area contributed by atoms with Crippen molar-refractivity contribution < 1.29 is 29.3 Å². The fourth-order valence-corrected chi connectivity index (χ4v) is 5.70. The molecule has 0 spiro atoms. The molecule has 2 rings (SSSR count). The molecule has 0 unspecified atom stereocenters. The Labute approximate surface area is 166 Å². The number of allylic oxidation sites excluding steroid dienone is 2. The van der Waals surface area contributed by atoms with Crippen molar-refractivity contribution in [3.63, 3.8) is 0 Å². The molecule has 2 aliphatic carbocycles. The number of carboxylic acid groups (broad SMARTS) is 2. The van der Waals surface area contributed by atoms with Crippen LogP contribution in [0, 0.1) is 22.7 Å². The van der Waals surface area contributed by atoms with Gasteiger partial charge in [0.2, 0.25) is 0 Å². The number of aliphatic carboxylic acids is 2. The molecule has 5 atom stereocenters. The second-order valence-corrected chi connectivity index (χ2v) is 8.90. The lowest BCUT2D eigenvalue weighted by molar-refractivity contribution is -0.194. The highest BCUT2D eigenvalue weighted by Gasteiger charge is 2.62. The Balaban J connectivity index is 2.35. The molecule has 0 aromatic carbocycles. The minimum Gasteiger partial charge on any atom is -0.481 e. The van der Waals surface area contributed by atoms with Crippen LogP contribution in [-0.4, -0.2) is 34.2 Å². The molecule has 0 saturated heterocycles. The number of fused-ring (bicyclic) bond motifs is 1. The summed E-state index contributed by atoms with van der Waals surface area (Å²) >= 11 is 0. The molecule has 6 heteroatoms. The molecule has 2 N–H and O–H groups in total. The van der Waals surface area contributed by atoms with Gasteiger partial charge in [-0.15, -0.1) is 0 Å². The van der Waals surface area contributed by atoms with Gasteiger partial charge in [0.25, 0.3) is 0 Å². The number of hydrogen-bond acceptors (Lipinski definition) is 4. The fourth-order valence-electron chi connectivity index (χ4n) is 5.70. The van der Waals surface area contributed by atoms with Crippen molar-refractivity contribution in [3.05, 3.63) is 23.8 Å². The number of carboxylic acids is 2. The van der Waals surface area contributed by atoms with Crippen LogP contribution in [0.25, 0.3) is 0 Å². The van der Waals surface area contributed by atoms with Crippen molar-refractivity contribution in [3.8, 4) is 0 Å². The zero-order valence-electron chi connectivity index (χ0n) is 17.3. The number of carbonyl (C=O) groups is 3. The molecular weight excluding hydrogens is 360 g/mol. The predicted octanol–water partition coefficient (Wildman–Crippen LogP) is 4.20. The second-order valence-electron chi connectivity index (χ2n) is 8.90. The van der Waals surface area contributed by atoms with Crippen molar-refractivity contribution in [2.45, 2.75) is 72.3 Å². The topological polar surface area (TPSA) is 101 Å². The van der Waals surface area contributed by atoms with Gasteiger partial charge in [0.1, 0.15) is 11.5 Å². The number of esters is 1. The van der Waals surface area contributed by atoms with Gasteiger partial charge in [0.05, 0.1) is 0 Å². The maximum absolute atomic E-state index is 12.4. The third-order valence-corrected chi connectivity index (χ3v) is 7.14. The first-order valence-corrected chi connectivity index (χ1v) is 9.91. The molecular formula is C22H32O6. The van der Waals surface area contributed by atoms with E-state index >= 15 is 0 Å². The van der Waals surface area contributed by atoms with Crippen LogP contribution < -0.4 is 0 Å². The minimum atomic E-state index is -1.15. The van der Waals surface area contributed by atoms with Crippen molar-refractivity contribution in [2.24, 2.45) is 22.7 Å². The molecule has 156 valence electrons. The van der Waals surface area contributed by atoms with Crippen LogP contribution in [0.3, 0.4) is 0 Å². The lowest BCUT2D eigenvalue weighted by Crippen LogP contribution is -2.60. The van der Waals surface area contributed by atoms with E-state index in [1.807, 2.05) is 0 Å². The molecule has 2 saturated carbocycles. The summed E-state index contributed by atoms with van der Waals surface area (Å²) in [6.45, 7) is 11.2. The largest absolute Gasteiger partial charge is 0.481 e. The van der Waals surface area contributed by atoms with Crippen molar-refractivity contribution >= 4 is 17.9 Å². The van der Waals surface area contributed by atoms with Gasteiger partial charge in [-0.3, -0.25) is 9.59 Å². The summed E-state index contributed by atoms with van der Waals surface area (Å²) in [6.07, 6.45) is 4.67. The predicted molar refractivity (Wildman–Crippen MR) is 105 cm³/mol. The van der Waals surface area contributed by atoms with Crippen LogP contribution in [0.4, 0.5) is 0 Å². The lowest BCUT2D eigenvalue weighted by atomic mass is 9.46. The van der Waals surface area contributed by atoms with Crippen molar-refractivity contribution in [2.75, 3.05) is 0 Å².